The van der Waals surface area contributed by atoms with E-state index in [2.05, 4.69) is 65.3 Å². The molecule has 0 aromatic heterocycles. The third kappa shape index (κ3) is 4.77. The lowest BCUT2D eigenvalue weighted by atomic mass is 10.2. The van der Waals surface area contributed by atoms with Gasteiger partial charge in [-0.05, 0) is 24.1 Å². The fourth-order valence-corrected chi connectivity index (χ4v) is 5.08. The van der Waals surface area contributed by atoms with Crippen LogP contribution in [0.4, 0.5) is 5.69 Å². The lowest BCUT2D eigenvalue weighted by Gasteiger charge is -2.35. The number of para-hydroxylation sites is 1. The van der Waals surface area contributed by atoms with Gasteiger partial charge in [0.1, 0.15) is 0 Å². The summed E-state index contributed by atoms with van der Waals surface area (Å²) in [5.41, 5.74) is 2.45. The van der Waals surface area contributed by atoms with Crippen LogP contribution < -0.4 is 4.90 Å². The summed E-state index contributed by atoms with van der Waals surface area (Å²) in [6.07, 6.45) is 1.04. The van der Waals surface area contributed by atoms with Crippen molar-refractivity contribution < 1.29 is 4.79 Å². The van der Waals surface area contributed by atoms with E-state index in [1.165, 1.54) is 10.5 Å². The van der Waals surface area contributed by atoms with Gasteiger partial charge in [0, 0.05) is 49.4 Å². The molecule has 1 saturated heterocycles. The van der Waals surface area contributed by atoms with E-state index in [1.54, 1.807) is 0 Å². The van der Waals surface area contributed by atoms with Crippen molar-refractivity contribution in [2.45, 2.75) is 30.0 Å². The molecule has 0 saturated carbocycles. The topological polar surface area (TPSA) is 26.8 Å². The Morgan fingerprint density at radius 3 is 2.39 bits per heavy atom. The van der Waals surface area contributed by atoms with Gasteiger partial charge in [0.25, 0.3) is 0 Å². The summed E-state index contributed by atoms with van der Waals surface area (Å²) in [4.78, 5) is 21.2. The van der Waals surface area contributed by atoms with E-state index < -0.39 is 0 Å². The Morgan fingerprint density at radius 1 is 0.929 bits per heavy atom. The largest absolute Gasteiger partial charge is 0.310 e. The van der Waals surface area contributed by atoms with E-state index in [9.17, 15) is 4.79 Å². The van der Waals surface area contributed by atoms with Gasteiger partial charge in [0.2, 0.25) is 5.91 Å². The first-order valence-electron chi connectivity index (χ1n) is 10.2. The summed E-state index contributed by atoms with van der Waals surface area (Å²) in [5.74, 6) is 0.235. The van der Waals surface area contributed by atoms with Crippen molar-refractivity contribution >= 4 is 23.4 Å². The number of carbonyl (C=O) groups is 1. The second-order valence-corrected chi connectivity index (χ2v) is 9.25. The van der Waals surface area contributed by atoms with Crippen LogP contribution in [0.1, 0.15) is 18.9 Å². The highest BCUT2D eigenvalue weighted by atomic mass is 32.2. The number of thioether (sulfide) groups is 1. The van der Waals surface area contributed by atoms with E-state index in [4.69, 9.17) is 0 Å². The molecule has 4 nitrogen and oxygen atoms in total. The summed E-state index contributed by atoms with van der Waals surface area (Å²) >= 11 is 1.89. The number of benzene rings is 2. The van der Waals surface area contributed by atoms with Gasteiger partial charge in [0.05, 0.1) is 12.2 Å². The molecule has 2 aromatic rings. The van der Waals surface area contributed by atoms with Gasteiger partial charge >= 0.3 is 0 Å². The van der Waals surface area contributed by atoms with Gasteiger partial charge in [-0.3, -0.25) is 14.6 Å². The number of carbonyl (C=O) groups excluding carboxylic acids is 1. The van der Waals surface area contributed by atoms with Crippen molar-refractivity contribution in [2.24, 2.45) is 0 Å². The highest BCUT2D eigenvalue weighted by Crippen LogP contribution is 2.37. The second kappa shape index (κ2) is 9.12. The number of anilines is 1. The number of hydrogen-bond donors (Lipinski definition) is 0. The number of nitrogens with zero attached hydrogens (tertiary/aromatic N) is 3. The van der Waals surface area contributed by atoms with Gasteiger partial charge in [0.15, 0.2) is 0 Å². The zero-order valence-corrected chi connectivity index (χ0v) is 17.4. The molecule has 0 unspecified atom stereocenters. The van der Waals surface area contributed by atoms with Gasteiger partial charge in [-0.15, -0.1) is 11.8 Å². The van der Waals surface area contributed by atoms with Crippen LogP contribution in [0.25, 0.3) is 0 Å². The average Bonchev–Trinajstić information content (AvgIpc) is 2.88. The summed E-state index contributed by atoms with van der Waals surface area (Å²) in [5, 5.41) is 0.542. The van der Waals surface area contributed by atoms with Gasteiger partial charge in [-0.2, -0.15) is 0 Å². The van der Waals surface area contributed by atoms with E-state index in [-0.39, 0.29) is 5.91 Å². The molecule has 2 aliphatic rings. The van der Waals surface area contributed by atoms with E-state index in [0.29, 0.717) is 11.8 Å². The Kier molecular flexibility index (Phi) is 6.35. The molecule has 1 fully saturated rings. The maximum Gasteiger partial charge on any atom is 0.241 e. The van der Waals surface area contributed by atoms with Gasteiger partial charge in [-0.25, -0.2) is 0 Å². The fourth-order valence-electron chi connectivity index (χ4n) is 3.97. The van der Waals surface area contributed by atoms with Crippen molar-refractivity contribution in [1.82, 2.24) is 9.80 Å². The third-order valence-electron chi connectivity index (χ3n) is 5.62. The maximum atomic E-state index is 13.1. The highest BCUT2D eigenvalue weighted by molar-refractivity contribution is 8.00. The molecule has 2 aliphatic heterocycles. The van der Waals surface area contributed by atoms with Crippen LogP contribution >= 0.6 is 11.8 Å². The first kappa shape index (κ1) is 19.5. The van der Waals surface area contributed by atoms with Crippen molar-refractivity contribution in [3.63, 3.8) is 0 Å². The smallest absolute Gasteiger partial charge is 0.241 e. The van der Waals surface area contributed by atoms with Crippen molar-refractivity contribution in [3.8, 4) is 0 Å². The molecular weight excluding hydrogens is 366 g/mol. The van der Waals surface area contributed by atoms with Crippen LogP contribution in [0.15, 0.2) is 59.5 Å². The maximum absolute atomic E-state index is 13.1. The minimum Gasteiger partial charge on any atom is -0.310 e. The van der Waals surface area contributed by atoms with Crippen LogP contribution in [-0.2, 0) is 11.3 Å². The fraction of sp³-hybridized carbons (Fsp3) is 0.435. The highest BCUT2D eigenvalue weighted by Gasteiger charge is 2.26. The minimum atomic E-state index is 0.235. The molecule has 0 spiro atoms. The van der Waals surface area contributed by atoms with Crippen molar-refractivity contribution in [1.29, 1.82) is 0 Å². The van der Waals surface area contributed by atoms with E-state index in [0.717, 1.165) is 51.4 Å². The number of piperazine rings is 1. The molecular formula is C23H29N3OS. The molecule has 0 N–H and O–H groups in total. The third-order valence-corrected chi connectivity index (χ3v) is 6.85. The number of amides is 1. The molecule has 0 radical (unpaired) electrons. The molecule has 1 amide bonds. The first-order valence-corrected chi connectivity index (χ1v) is 11.1. The molecule has 0 aliphatic carbocycles. The molecule has 2 aromatic carbocycles. The quantitative estimate of drug-likeness (QED) is 0.788. The predicted octanol–water partition coefficient (Wildman–Crippen LogP) is 3.72. The summed E-state index contributed by atoms with van der Waals surface area (Å²) in [6, 6.07) is 19.0. The Hall–Kier alpha value is -1.82. The SMILES string of the molecule is C[C@@H]1CCN(C(=O)CN2CCN(Cc3ccccc3)CC2)c2ccccc2S1. The normalized spacial score (nSPS) is 21.2. The summed E-state index contributed by atoms with van der Waals surface area (Å²) < 4.78 is 0. The first-order chi connectivity index (χ1) is 13.7. The molecule has 1 atom stereocenters. The van der Waals surface area contributed by atoms with Crippen molar-refractivity contribution in [2.75, 3.05) is 44.2 Å². The Labute approximate surface area is 172 Å². The Morgan fingerprint density at radius 2 is 1.61 bits per heavy atom. The van der Waals surface area contributed by atoms with Crippen LogP contribution in [0.5, 0.6) is 0 Å². The van der Waals surface area contributed by atoms with Crippen molar-refractivity contribution in [3.05, 3.63) is 60.2 Å². The Bertz CT molecular complexity index is 789. The summed E-state index contributed by atoms with van der Waals surface area (Å²) in [6.45, 7) is 8.54. The molecule has 4 rings (SSSR count). The standard InChI is InChI=1S/C23H29N3OS/c1-19-11-12-26(21-9-5-6-10-22(21)28-19)23(27)18-25-15-13-24(14-16-25)17-20-7-3-2-4-8-20/h2-10,19H,11-18H2,1H3/t19-/m1/s1. The predicted molar refractivity (Wildman–Crippen MR) is 117 cm³/mol. The van der Waals surface area contributed by atoms with Crippen LogP contribution in [0.2, 0.25) is 0 Å². The average molecular weight is 396 g/mol. The molecule has 2 heterocycles. The molecule has 148 valence electrons. The second-order valence-electron chi connectivity index (χ2n) is 7.77. The number of fused-ring (bicyclic) bond motifs is 1. The van der Waals surface area contributed by atoms with Gasteiger partial charge in [-0.1, -0.05) is 49.4 Å². The summed E-state index contributed by atoms with van der Waals surface area (Å²) in [7, 11) is 0. The number of rotatable bonds is 4. The number of hydrogen-bond acceptors (Lipinski definition) is 4. The van der Waals surface area contributed by atoms with Gasteiger partial charge < -0.3 is 4.90 Å². The molecule has 0 bridgehead atoms. The molecule has 5 heteroatoms. The zero-order chi connectivity index (χ0) is 19.3. The van der Waals surface area contributed by atoms with Crippen LogP contribution in [0, 0.1) is 0 Å². The molecule has 28 heavy (non-hydrogen) atoms. The lowest BCUT2D eigenvalue weighted by molar-refractivity contribution is -0.120. The monoisotopic (exact) mass is 395 g/mol. The lowest BCUT2D eigenvalue weighted by Crippen LogP contribution is -2.50. The van der Waals surface area contributed by atoms with E-state index in [1.807, 2.05) is 22.7 Å². The Balaban J connectivity index is 1.33. The zero-order valence-electron chi connectivity index (χ0n) is 16.6. The van der Waals surface area contributed by atoms with E-state index >= 15 is 0 Å². The van der Waals surface area contributed by atoms with Crippen LogP contribution in [0.3, 0.4) is 0 Å². The van der Waals surface area contributed by atoms with Crippen LogP contribution in [-0.4, -0.2) is 60.2 Å². The minimum absolute atomic E-state index is 0.235.